The van der Waals surface area contributed by atoms with Crippen LogP contribution in [0.5, 0.6) is 0 Å². The van der Waals surface area contributed by atoms with Crippen LogP contribution < -0.4 is 0 Å². The van der Waals surface area contributed by atoms with E-state index in [1.807, 2.05) is 0 Å². The topological polar surface area (TPSA) is 43.4 Å². The Morgan fingerprint density at radius 3 is 2.75 bits per heavy atom. The largest absolute Gasteiger partial charge is 0.393 e. The van der Waals surface area contributed by atoms with E-state index in [0.717, 1.165) is 0 Å². The number of carbonyl (C=O) groups excluding carboxylic acids is 2. The number of fused-ring (bicyclic) bond motifs is 1. The molecule has 0 aromatic carbocycles. The molecule has 1 saturated heterocycles. The molecule has 2 aliphatic rings. The SMILES string of the molecule is O=C1OC(=O)C2CC(Cl)=CCC12. The van der Waals surface area contributed by atoms with Crippen molar-refractivity contribution < 1.29 is 14.3 Å². The maximum atomic E-state index is 11.0. The highest BCUT2D eigenvalue weighted by atomic mass is 35.5. The van der Waals surface area contributed by atoms with Gasteiger partial charge >= 0.3 is 11.9 Å². The third-order valence-corrected chi connectivity index (χ3v) is 2.61. The Hall–Kier alpha value is -0.830. The normalized spacial score (nSPS) is 34.2. The van der Waals surface area contributed by atoms with Gasteiger partial charge in [0.25, 0.3) is 0 Å². The zero-order valence-electron chi connectivity index (χ0n) is 6.25. The van der Waals surface area contributed by atoms with Gasteiger partial charge < -0.3 is 4.74 Å². The molecule has 0 bridgehead atoms. The molecule has 0 spiro atoms. The number of ether oxygens (including phenoxy) is 1. The Labute approximate surface area is 74.3 Å². The molecule has 0 saturated carbocycles. The molecule has 64 valence electrons. The van der Waals surface area contributed by atoms with Crippen LogP contribution in [0.2, 0.25) is 0 Å². The Bertz CT molecular complexity index is 282. The maximum absolute atomic E-state index is 11.0. The highest BCUT2D eigenvalue weighted by Crippen LogP contribution is 2.37. The first kappa shape index (κ1) is 7.80. The maximum Gasteiger partial charge on any atom is 0.317 e. The van der Waals surface area contributed by atoms with Crippen LogP contribution >= 0.6 is 11.6 Å². The third-order valence-electron chi connectivity index (χ3n) is 2.30. The van der Waals surface area contributed by atoms with Crippen molar-refractivity contribution in [2.45, 2.75) is 12.8 Å². The summed E-state index contributed by atoms with van der Waals surface area (Å²) < 4.78 is 4.49. The minimum Gasteiger partial charge on any atom is -0.393 e. The zero-order chi connectivity index (χ0) is 8.72. The van der Waals surface area contributed by atoms with E-state index in [1.165, 1.54) is 0 Å². The second kappa shape index (κ2) is 2.59. The lowest BCUT2D eigenvalue weighted by Crippen LogP contribution is -2.20. The molecule has 1 aliphatic heterocycles. The van der Waals surface area contributed by atoms with Crippen LogP contribution in [-0.2, 0) is 14.3 Å². The molecular weight excluding hydrogens is 180 g/mol. The fraction of sp³-hybridized carbons (Fsp3) is 0.500. The van der Waals surface area contributed by atoms with Gasteiger partial charge in [-0.15, -0.1) is 0 Å². The lowest BCUT2D eigenvalue weighted by molar-refractivity contribution is -0.153. The van der Waals surface area contributed by atoms with Crippen LogP contribution in [0.15, 0.2) is 11.1 Å². The van der Waals surface area contributed by atoms with E-state index in [0.29, 0.717) is 17.9 Å². The van der Waals surface area contributed by atoms with Gasteiger partial charge in [-0.3, -0.25) is 9.59 Å². The summed E-state index contributed by atoms with van der Waals surface area (Å²) in [6, 6.07) is 0. The van der Waals surface area contributed by atoms with E-state index in [4.69, 9.17) is 11.6 Å². The van der Waals surface area contributed by atoms with Crippen molar-refractivity contribution in [1.29, 1.82) is 0 Å². The standard InChI is InChI=1S/C8H7ClO3/c9-4-1-2-5-6(3-4)8(11)12-7(5)10/h1,5-6H,2-3H2. The molecule has 3 nitrogen and oxygen atoms in total. The van der Waals surface area contributed by atoms with Gasteiger partial charge in [0.1, 0.15) is 0 Å². The summed E-state index contributed by atoms with van der Waals surface area (Å²) in [4.78, 5) is 22.0. The number of allylic oxidation sites excluding steroid dienone is 2. The first-order valence-electron chi connectivity index (χ1n) is 3.78. The second-order valence-electron chi connectivity index (χ2n) is 3.04. The first-order valence-corrected chi connectivity index (χ1v) is 4.16. The number of hydrogen-bond acceptors (Lipinski definition) is 3. The van der Waals surface area contributed by atoms with Crippen molar-refractivity contribution in [3.05, 3.63) is 11.1 Å². The summed E-state index contributed by atoms with van der Waals surface area (Å²) in [6.45, 7) is 0. The number of rotatable bonds is 0. The van der Waals surface area contributed by atoms with Gasteiger partial charge in [0.15, 0.2) is 0 Å². The van der Waals surface area contributed by atoms with Gasteiger partial charge in [-0.2, -0.15) is 0 Å². The van der Waals surface area contributed by atoms with E-state index >= 15 is 0 Å². The lowest BCUT2D eigenvalue weighted by Gasteiger charge is -2.15. The van der Waals surface area contributed by atoms with Crippen molar-refractivity contribution in [3.63, 3.8) is 0 Å². The van der Waals surface area contributed by atoms with E-state index in [-0.39, 0.29) is 11.8 Å². The average molecular weight is 187 g/mol. The first-order chi connectivity index (χ1) is 5.68. The number of hydrogen-bond donors (Lipinski definition) is 0. The summed E-state index contributed by atoms with van der Waals surface area (Å²) in [5, 5.41) is 0.655. The van der Waals surface area contributed by atoms with Crippen LogP contribution in [0.1, 0.15) is 12.8 Å². The van der Waals surface area contributed by atoms with Crippen LogP contribution in [0.25, 0.3) is 0 Å². The molecule has 0 amide bonds. The van der Waals surface area contributed by atoms with Crippen molar-refractivity contribution >= 4 is 23.5 Å². The Kier molecular flexibility index (Phi) is 1.68. The molecule has 0 aromatic heterocycles. The van der Waals surface area contributed by atoms with Crippen LogP contribution in [0.3, 0.4) is 0 Å². The predicted molar refractivity (Wildman–Crippen MR) is 41.2 cm³/mol. The molecule has 1 heterocycles. The van der Waals surface area contributed by atoms with Gasteiger partial charge in [0.05, 0.1) is 11.8 Å². The third kappa shape index (κ3) is 1.05. The molecule has 2 unspecified atom stereocenters. The number of esters is 2. The molecule has 2 atom stereocenters. The molecule has 0 radical (unpaired) electrons. The molecule has 0 N–H and O–H groups in total. The Morgan fingerprint density at radius 1 is 1.33 bits per heavy atom. The van der Waals surface area contributed by atoms with Gasteiger partial charge in [-0.05, 0) is 12.8 Å². The number of cyclic esters (lactones) is 2. The van der Waals surface area contributed by atoms with Crippen molar-refractivity contribution in [1.82, 2.24) is 0 Å². The van der Waals surface area contributed by atoms with Gasteiger partial charge in [-0.25, -0.2) is 0 Å². The summed E-state index contributed by atoms with van der Waals surface area (Å²) in [7, 11) is 0. The quantitative estimate of drug-likeness (QED) is 0.422. The number of halogens is 1. The van der Waals surface area contributed by atoms with Crippen molar-refractivity contribution in [2.24, 2.45) is 11.8 Å². The van der Waals surface area contributed by atoms with E-state index < -0.39 is 11.9 Å². The molecule has 12 heavy (non-hydrogen) atoms. The molecule has 2 rings (SSSR count). The summed E-state index contributed by atoms with van der Waals surface area (Å²) in [5.41, 5.74) is 0. The molecule has 4 heteroatoms. The van der Waals surface area contributed by atoms with Crippen molar-refractivity contribution in [2.75, 3.05) is 0 Å². The van der Waals surface area contributed by atoms with Crippen LogP contribution in [-0.4, -0.2) is 11.9 Å². The van der Waals surface area contributed by atoms with Gasteiger partial charge in [-0.1, -0.05) is 17.7 Å². The van der Waals surface area contributed by atoms with Gasteiger partial charge in [0, 0.05) is 5.03 Å². The van der Waals surface area contributed by atoms with E-state index in [1.54, 1.807) is 6.08 Å². The Morgan fingerprint density at radius 2 is 2.00 bits per heavy atom. The molecular formula is C8H7ClO3. The lowest BCUT2D eigenvalue weighted by atomic mass is 9.85. The van der Waals surface area contributed by atoms with Crippen LogP contribution in [0.4, 0.5) is 0 Å². The molecule has 0 aromatic rings. The minimum atomic E-state index is -0.420. The number of carbonyl (C=O) groups is 2. The zero-order valence-corrected chi connectivity index (χ0v) is 7.00. The molecule has 1 fully saturated rings. The minimum absolute atomic E-state index is 0.278. The van der Waals surface area contributed by atoms with E-state index in [2.05, 4.69) is 4.74 Å². The predicted octanol–water partition coefficient (Wildman–Crippen LogP) is 1.22. The van der Waals surface area contributed by atoms with Crippen molar-refractivity contribution in [3.8, 4) is 0 Å². The summed E-state index contributed by atoms with van der Waals surface area (Å²) in [6.07, 6.45) is 2.77. The highest BCUT2D eigenvalue weighted by Gasteiger charge is 2.45. The van der Waals surface area contributed by atoms with E-state index in [9.17, 15) is 9.59 Å². The second-order valence-corrected chi connectivity index (χ2v) is 3.53. The summed E-state index contributed by atoms with van der Waals surface area (Å²) in [5.74, 6) is -1.42. The summed E-state index contributed by atoms with van der Waals surface area (Å²) >= 11 is 5.74. The monoisotopic (exact) mass is 186 g/mol. The fourth-order valence-electron chi connectivity index (χ4n) is 1.61. The van der Waals surface area contributed by atoms with Gasteiger partial charge in [0.2, 0.25) is 0 Å². The average Bonchev–Trinajstić information content (AvgIpc) is 2.28. The van der Waals surface area contributed by atoms with Crippen LogP contribution in [0, 0.1) is 11.8 Å². The fourth-order valence-corrected chi connectivity index (χ4v) is 1.87. The highest BCUT2D eigenvalue weighted by molar-refractivity contribution is 6.29. The Balaban J connectivity index is 2.27. The smallest absolute Gasteiger partial charge is 0.317 e. The molecule has 1 aliphatic carbocycles.